The molecule has 1 heterocycles. The van der Waals surface area contributed by atoms with Crippen LogP contribution in [0.15, 0.2) is 6.20 Å². The second kappa shape index (κ2) is 6.47. The molecule has 0 atom stereocenters. The van der Waals surface area contributed by atoms with Crippen LogP contribution in [0.5, 0.6) is 0 Å². The highest BCUT2D eigenvalue weighted by Crippen LogP contribution is 2.25. The zero-order chi connectivity index (χ0) is 14.4. The average Bonchev–Trinajstić information content (AvgIpc) is 2.43. The number of carbonyl (C=O) groups excluding carboxylic acids is 1. The van der Waals surface area contributed by atoms with Crippen LogP contribution in [0.1, 0.15) is 6.92 Å². The van der Waals surface area contributed by atoms with Crippen molar-refractivity contribution in [3.05, 3.63) is 16.3 Å². The van der Waals surface area contributed by atoms with Crippen LogP contribution < -0.4 is 15.5 Å². The van der Waals surface area contributed by atoms with Gasteiger partial charge in [0.25, 0.3) is 0 Å². The van der Waals surface area contributed by atoms with Gasteiger partial charge in [0.2, 0.25) is 17.7 Å². The fourth-order valence-electron chi connectivity index (χ4n) is 1.44. The van der Waals surface area contributed by atoms with Gasteiger partial charge in [-0.2, -0.15) is 4.98 Å². The second-order valence-electron chi connectivity index (χ2n) is 3.60. The number of nitrogens with one attached hydrogen (secondary N) is 2. The molecule has 104 valence electrons. The molecule has 9 nitrogen and oxygen atoms in total. The lowest BCUT2D eigenvalue weighted by atomic mass is 10.4. The summed E-state index contributed by atoms with van der Waals surface area (Å²) in [6, 6.07) is 0. The lowest BCUT2D eigenvalue weighted by Gasteiger charge is -2.20. The van der Waals surface area contributed by atoms with E-state index in [1.165, 1.54) is 11.9 Å². The molecular weight excluding hydrogens is 252 g/mol. The number of nitro groups is 1. The summed E-state index contributed by atoms with van der Waals surface area (Å²) in [5.74, 6) is 0.132. The Kier molecular flexibility index (Phi) is 4.98. The normalized spacial score (nSPS) is 9.84. The van der Waals surface area contributed by atoms with E-state index in [0.29, 0.717) is 6.54 Å². The number of likely N-dealkylation sites (N-methyl/N-ethyl adjacent to an activating group) is 2. The number of rotatable bonds is 6. The van der Waals surface area contributed by atoms with E-state index >= 15 is 0 Å². The molecule has 0 radical (unpaired) electrons. The van der Waals surface area contributed by atoms with E-state index in [2.05, 4.69) is 20.6 Å². The third-order valence-electron chi connectivity index (χ3n) is 2.46. The maximum absolute atomic E-state index is 11.4. The van der Waals surface area contributed by atoms with Gasteiger partial charge in [-0.1, -0.05) is 0 Å². The fourth-order valence-corrected chi connectivity index (χ4v) is 1.44. The van der Waals surface area contributed by atoms with Crippen molar-refractivity contribution < 1.29 is 9.72 Å². The Morgan fingerprint density at radius 3 is 2.68 bits per heavy atom. The van der Waals surface area contributed by atoms with Crippen LogP contribution in [-0.2, 0) is 4.79 Å². The SMILES string of the molecule is CCN(CC(=O)NC)c1nc(NC)ncc1[N+](=O)[O-]. The molecule has 0 unspecified atom stereocenters. The fraction of sp³-hybridized carbons (Fsp3) is 0.500. The second-order valence-corrected chi connectivity index (χ2v) is 3.60. The molecule has 2 N–H and O–H groups in total. The van der Waals surface area contributed by atoms with Gasteiger partial charge in [-0.25, -0.2) is 4.98 Å². The topological polar surface area (TPSA) is 113 Å². The first-order valence-corrected chi connectivity index (χ1v) is 5.68. The molecule has 9 heteroatoms. The van der Waals surface area contributed by atoms with E-state index in [1.54, 1.807) is 14.0 Å². The highest BCUT2D eigenvalue weighted by molar-refractivity contribution is 5.81. The first-order valence-electron chi connectivity index (χ1n) is 5.68. The lowest BCUT2D eigenvalue weighted by molar-refractivity contribution is -0.384. The molecule has 1 amide bonds. The average molecular weight is 268 g/mol. The highest BCUT2D eigenvalue weighted by atomic mass is 16.6. The van der Waals surface area contributed by atoms with Gasteiger partial charge in [-0.3, -0.25) is 14.9 Å². The number of anilines is 2. The number of aromatic nitrogens is 2. The van der Waals surface area contributed by atoms with E-state index < -0.39 is 4.92 Å². The summed E-state index contributed by atoms with van der Waals surface area (Å²) in [6.07, 6.45) is 1.13. The monoisotopic (exact) mass is 268 g/mol. The van der Waals surface area contributed by atoms with Crippen molar-refractivity contribution in [3.8, 4) is 0 Å². The van der Waals surface area contributed by atoms with Crippen molar-refractivity contribution in [1.82, 2.24) is 15.3 Å². The zero-order valence-corrected chi connectivity index (χ0v) is 11.0. The van der Waals surface area contributed by atoms with Crippen molar-refractivity contribution in [3.63, 3.8) is 0 Å². The molecule has 1 aromatic heterocycles. The molecule has 1 rings (SSSR count). The van der Waals surface area contributed by atoms with Crippen LogP contribution in [0, 0.1) is 10.1 Å². The predicted octanol–water partition coefficient (Wildman–Crippen LogP) is -0.00120. The Bertz CT molecular complexity index is 478. The van der Waals surface area contributed by atoms with Gasteiger partial charge >= 0.3 is 5.69 Å². The van der Waals surface area contributed by atoms with Crippen LogP contribution in [-0.4, -0.2) is 48.0 Å². The van der Waals surface area contributed by atoms with Crippen LogP contribution in [0.3, 0.4) is 0 Å². The summed E-state index contributed by atoms with van der Waals surface area (Å²) in [7, 11) is 3.11. The van der Waals surface area contributed by atoms with E-state index in [-0.39, 0.29) is 29.9 Å². The minimum atomic E-state index is -0.568. The van der Waals surface area contributed by atoms with E-state index in [1.807, 2.05) is 0 Å². The van der Waals surface area contributed by atoms with E-state index in [4.69, 9.17) is 0 Å². The van der Waals surface area contributed by atoms with Crippen LogP contribution in [0.4, 0.5) is 17.5 Å². The molecule has 0 aliphatic rings. The summed E-state index contributed by atoms with van der Waals surface area (Å²) >= 11 is 0. The summed E-state index contributed by atoms with van der Waals surface area (Å²) < 4.78 is 0. The summed E-state index contributed by atoms with van der Waals surface area (Å²) in [4.78, 5) is 31.2. The van der Waals surface area contributed by atoms with Crippen molar-refractivity contribution in [2.75, 3.05) is 37.4 Å². The summed E-state index contributed by atoms with van der Waals surface area (Å²) in [6.45, 7) is 2.19. The molecule has 0 aliphatic heterocycles. The first kappa shape index (κ1) is 14.6. The third kappa shape index (κ3) is 3.50. The van der Waals surface area contributed by atoms with Gasteiger partial charge in [-0.15, -0.1) is 0 Å². The molecule has 1 aromatic rings. The Morgan fingerprint density at radius 1 is 1.53 bits per heavy atom. The van der Waals surface area contributed by atoms with Crippen LogP contribution >= 0.6 is 0 Å². The van der Waals surface area contributed by atoms with Crippen molar-refractivity contribution in [2.45, 2.75) is 6.92 Å². The minimum Gasteiger partial charge on any atom is -0.358 e. The minimum absolute atomic E-state index is 0.00594. The Balaban J connectivity index is 3.18. The maximum atomic E-state index is 11.4. The van der Waals surface area contributed by atoms with Gasteiger partial charge in [0.15, 0.2) is 0 Å². The van der Waals surface area contributed by atoms with Gasteiger partial charge in [0.05, 0.1) is 11.5 Å². The Labute approximate surface area is 110 Å². The molecule has 0 aliphatic carbocycles. The standard InChI is InChI=1S/C10H16N6O3/c1-4-15(6-8(17)11-2)9-7(16(18)19)5-13-10(12-3)14-9/h5H,4,6H2,1-3H3,(H,11,17)(H,12,13,14). The summed E-state index contributed by atoms with van der Waals surface area (Å²) in [5, 5.41) is 16.2. The van der Waals surface area contributed by atoms with Gasteiger partial charge < -0.3 is 15.5 Å². The summed E-state index contributed by atoms with van der Waals surface area (Å²) in [5.41, 5.74) is -0.232. The number of amides is 1. The van der Waals surface area contributed by atoms with Crippen molar-refractivity contribution >= 4 is 23.4 Å². The highest BCUT2D eigenvalue weighted by Gasteiger charge is 2.23. The molecule has 0 saturated heterocycles. The molecule has 0 spiro atoms. The predicted molar refractivity (Wildman–Crippen MR) is 70.2 cm³/mol. The smallest absolute Gasteiger partial charge is 0.329 e. The number of carbonyl (C=O) groups is 1. The lowest BCUT2D eigenvalue weighted by Crippen LogP contribution is -2.36. The number of hydrogen-bond donors (Lipinski definition) is 2. The third-order valence-corrected chi connectivity index (χ3v) is 2.46. The van der Waals surface area contributed by atoms with Gasteiger partial charge in [0.1, 0.15) is 6.20 Å². The Morgan fingerprint density at radius 2 is 2.21 bits per heavy atom. The van der Waals surface area contributed by atoms with E-state index in [0.717, 1.165) is 6.20 Å². The maximum Gasteiger partial charge on any atom is 0.329 e. The Hall–Kier alpha value is -2.45. The first-order chi connectivity index (χ1) is 9.03. The van der Waals surface area contributed by atoms with Crippen molar-refractivity contribution in [1.29, 1.82) is 0 Å². The molecule has 0 saturated carbocycles. The molecule has 0 aromatic carbocycles. The number of hydrogen-bond acceptors (Lipinski definition) is 7. The zero-order valence-electron chi connectivity index (χ0n) is 11.0. The largest absolute Gasteiger partial charge is 0.358 e. The van der Waals surface area contributed by atoms with Gasteiger partial charge in [0, 0.05) is 20.6 Å². The number of nitrogens with zero attached hydrogens (tertiary/aromatic N) is 4. The van der Waals surface area contributed by atoms with E-state index in [9.17, 15) is 14.9 Å². The molecular formula is C10H16N6O3. The quantitative estimate of drug-likeness (QED) is 0.551. The molecule has 19 heavy (non-hydrogen) atoms. The molecule has 0 bridgehead atoms. The molecule has 0 fully saturated rings. The van der Waals surface area contributed by atoms with Crippen LogP contribution in [0.2, 0.25) is 0 Å². The van der Waals surface area contributed by atoms with Gasteiger partial charge in [-0.05, 0) is 6.92 Å². The van der Waals surface area contributed by atoms with Crippen molar-refractivity contribution in [2.24, 2.45) is 0 Å². The van der Waals surface area contributed by atoms with Crippen LogP contribution in [0.25, 0.3) is 0 Å².